The first-order chi connectivity index (χ1) is 37.6. The van der Waals surface area contributed by atoms with Crippen LogP contribution in [0, 0.1) is 0 Å². The number of hydrogen-bond acceptors (Lipinski definition) is 2. The molecule has 2 heteroatoms. The molecule has 0 fully saturated rings. The Labute approximate surface area is 442 Å². The Hall–Kier alpha value is -10.0. The van der Waals surface area contributed by atoms with E-state index in [1.54, 1.807) is 0 Å². The van der Waals surface area contributed by atoms with E-state index in [1.165, 1.54) is 86.9 Å². The molecular weight excluding hydrogens is 917 g/mol. The molecule has 0 atom stereocenters. The molecule has 14 aromatic carbocycles. The minimum atomic E-state index is 1.11. The summed E-state index contributed by atoms with van der Waals surface area (Å²) in [5, 5.41) is 14.8. The molecule has 14 aromatic rings. The van der Waals surface area contributed by atoms with Gasteiger partial charge in [0.05, 0.1) is 11.4 Å². The van der Waals surface area contributed by atoms with Crippen LogP contribution in [-0.4, -0.2) is 0 Å². The standard InChI is InChI=1S/C74H50N2/c1-3-15-59-47-65(45-39-53(59)13-1)75(73-49-61-17-5-7-19-67(61)69-21-9-11-23-71(69)73)63-41-35-57(36-42-63)55-31-27-51(28-32-55)25-26-52-29-33-56(34-30-52)58-37-43-64(44-38-58)76(66-46-40-54-14-2-4-16-60(54)48-66)74-50-62-18-6-8-20-68(62)70-22-10-12-24-72(70)74/h1-50H. The van der Waals surface area contributed by atoms with E-state index >= 15 is 0 Å². The third kappa shape index (κ3) is 8.29. The van der Waals surface area contributed by atoms with Gasteiger partial charge >= 0.3 is 0 Å². The molecule has 0 heterocycles. The first-order valence-electron chi connectivity index (χ1n) is 26.1. The van der Waals surface area contributed by atoms with Gasteiger partial charge in [0.25, 0.3) is 0 Å². The Morgan fingerprint density at radius 3 is 0.868 bits per heavy atom. The van der Waals surface area contributed by atoms with E-state index < -0.39 is 0 Å². The number of hydrogen-bond donors (Lipinski definition) is 0. The van der Waals surface area contributed by atoms with Gasteiger partial charge in [-0.3, -0.25) is 0 Å². The van der Waals surface area contributed by atoms with E-state index in [0.29, 0.717) is 0 Å². The van der Waals surface area contributed by atoms with Crippen LogP contribution < -0.4 is 9.80 Å². The van der Waals surface area contributed by atoms with Crippen LogP contribution in [0.3, 0.4) is 0 Å². The Balaban J connectivity index is 0.717. The second kappa shape index (κ2) is 19.1. The van der Waals surface area contributed by atoms with Crippen molar-refractivity contribution < 1.29 is 0 Å². The predicted molar refractivity (Wildman–Crippen MR) is 327 cm³/mol. The van der Waals surface area contributed by atoms with Crippen LogP contribution in [0.5, 0.6) is 0 Å². The quantitative estimate of drug-likeness (QED) is 0.0995. The van der Waals surface area contributed by atoms with Crippen molar-refractivity contribution in [2.24, 2.45) is 0 Å². The number of fused-ring (bicyclic) bond motifs is 8. The van der Waals surface area contributed by atoms with Crippen molar-refractivity contribution in [1.29, 1.82) is 0 Å². The lowest BCUT2D eigenvalue weighted by Gasteiger charge is -2.28. The number of benzene rings is 14. The topological polar surface area (TPSA) is 6.48 Å². The van der Waals surface area contributed by atoms with E-state index in [2.05, 4.69) is 313 Å². The largest absolute Gasteiger partial charge is 0.310 e. The molecule has 14 rings (SSSR count). The van der Waals surface area contributed by atoms with E-state index in [9.17, 15) is 0 Å². The lowest BCUT2D eigenvalue weighted by molar-refractivity contribution is 1.31. The van der Waals surface area contributed by atoms with Gasteiger partial charge in [0.2, 0.25) is 0 Å². The molecule has 0 spiro atoms. The lowest BCUT2D eigenvalue weighted by Crippen LogP contribution is -2.10. The average Bonchev–Trinajstić information content (AvgIpc) is 3.50. The minimum Gasteiger partial charge on any atom is -0.310 e. The molecule has 0 aliphatic heterocycles. The van der Waals surface area contributed by atoms with Crippen LogP contribution in [0.1, 0.15) is 11.1 Å². The van der Waals surface area contributed by atoms with Crippen LogP contribution in [-0.2, 0) is 0 Å². The average molecular weight is 967 g/mol. The fourth-order valence-corrected chi connectivity index (χ4v) is 11.3. The first-order valence-corrected chi connectivity index (χ1v) is 26.1. The van der Waals surface area contributed by atoms with Gasteiger partial charge in [-0.15, -0.1) is 0 Å². The molecular formula is C74H50N2. The highest BCUT2D eigenvalue weighted by atomic mass is 15.1. The van der Waals surface area contributed by atoms with Crippen LogP contribution in [0.2, 0.25) is 0 Å². The fraction of sp³-hybridized carbons (Fsp3) is 0. The van der Waals surface area contributed by atoms with Crippen LogP contribution >= 0.6 is 0 Å². The van der Waals surface area contributed by atoms with Crippen LogP contribution in [0.4, 0.5) is 34.1 Å². The van der Waals surface area contributed by atoms with Gasteiger partial charge in [0, 0.05) is 33.5 Å². The minimum absolute atomic E-state index is 1.11. The number of rotatable bonds is 10. The van der Waals surface area contributed by atoms with Gasteiger partial charge < -0.3 is 9.80 Å². The van der Waals surface area contributed by atoms with Crippen molar-refractivity contribution in [3.05, 3.63) is 302 Å². The summed E-state index contributed by atoms with van der Waals surface area (Å²) in [4.78, 5) is 4.83. The van der Waals surface area contributed by atoms with Crippen molar-refractivity contribution >= 4 is 111 Å². The molecule has 0 aliphatic rings. The zero-order valence-electron chi connectivity index (χ0n) is 41.8. The Kier molecular flexibility index (Phi) is 11.2. The van der Waals surface area contributed by atoms with Gasteiger partial charge in [-0.05, 0) is 148 Å². The molecule has 0 aliphatic carbocycles. The second-order valence-corrected chi connectivity index (χ2v) is 19.7. The van der Waals surface area contributed by atoms with E-state index in [4.69, 9.17) is 0 Å². The summed E-state index contributed by atoms with van der Waals surface area (Å²) < 4.78 is 0. The van der Waals surface area contributed by atoms with Crippen LogP contribution in [0.25, 0.3) is 99.0 Å². The smallest absolute Gasteiger partial charge is 0.0546 e. The van der Waals surface area contributed by atoms with Gasteiger partial charge in [0.1, 0.15) is 0 Å². The van der Waals surface area contributed by atoms with E-state index in [-0.39, 0.29) is 0 Å². The van der Waals surface area contributed by atoms with Crippen molar-refractivity contribution in [2.45, 2.75) is 0 Å². The Morgan fingerprint density at radius 1 is 0.197 bits per heavy atom. The first kappa shape index (κ1) is 44.7. The molecule has 0 aromatic heterocycles. The Morgan fingerprint density at radius 2 is 0.487 bits per heavy atom. The molecule has 76 heavy (non-hydrogen) atoms. The summed E-state index contributed by atoms with van der Waals surface area (Å²) in [6.07, 6.45) is 4.40. The Bertz CT molecular complexity index is 4200. The van der Waals surface area contributed by atoms with Gasteiger partial charge in [-0.1, -0.05) is 243 Å². The van der Waals surface area contributed by atoms with Crippen molar-refractivity contribution in [2.75, 3.05) is 9.80 Å². The zero-order valence-corrected chi connectivity index (χ0v) is 41.8. The highest BCUT2D eigenvalue weighted by Gasteiger charge is 2.20. The zero-order chi connectivity index (χ0) is 50.4. The normalized spacial score (nSPS) is 11.6. The second-order valence-electron chi connectivity index (χ2n) is 19.7. The van der Waals surface area contributed by atoms with E-state index in [0.717, 1.165) is 45.3 Å². The summed E-state index contributed by atoms with van der Waals surface area (Å²) >= 11 is 0. The summed E-state index contributed by atoms with van der Waals surface area (Å²) in [6, 6.07) is 106. The highest BCUT2D eigenvalue weighted by Crippen LogP contribution is 2.45. The van der Waals surface area contributed by atoms with Gasteiger partial charge in [0.15, 0.2) is 0 Å². The molecule has 0 radical (unpaired) electrons. The molecule has 0 unspecified atom stereocenters. The van der Waals surface area contributed by atoms with Crippen molar-refractivity contribution in [3.8, 4) is 22.3 Å². The monoisotopic (exact) mass is 966 g/mol. The molecule has 0 saturated heterocycles. The predicted octanol–water partition coefficient (Wildman–Crippen LogP) is 21.0. The molecule has 2 nitrogen and oxygen atoms in total. The van der Waals surface area contributed by atoms with Gasteiger partial charge in [-0.2, -0.15) is 0 Å². The maximum atomic E-state index is 2.41. The number of anilines is 6. The van der Waals surface area contributed by atoms with Crippen LogP contribution in [0.15, 0.2) is 291 Å². The summed E-state index contributed by atoms with van der Waals surface area (Å²) in [5.41, 5.74) is 13.8. The van der Waals surface area contributed by atoms with Crippen molar-refractivity contribution in [3.63, 3.8) is 0 Å². The van der Waals surface area contributed by atoms with Crippen molar-refractivity contribution in [1.82, 2.24) is 0 Å². The molecule has 0 bridgehead atoms. The maximum Gasteiger partial charge on any atom is 0.0546 e. The summed E-state index contributed by atoms with van der Waals surface area (Å²) in [7, 11) is 0. The SMILES string of the molecule is C(=Cc1ccc(-c2ccc(N(c3ccc4ccccc4c3)c3cc4ccccc4c4ccccc34)cc2)cc1)c1ccc(-c2ccc(N(c3ccc4ccccc4c3)c3cc4ccccc4c4ccccc34)cc2)cc1. The molecule has 356 valence electrons. The summed E-state index contributed by atoms with van der Waals surface area (Å²) in [6.45, 7) is 0. The highest BCUT2D eigenvalue weighted by molar-refractivity contribution is 6.16. The fourth-order valence-electron chi connectivity index (χ4n) is 11.3. The molecule has 0 amide bonds. The lowest BCUT2D eigenvalue weighted by atomic mass is 9.98. The van der Waals surface area contributed by atoms with Gasteiger partial charge in [-0.25, -0.2) is 0 Å². The molecule has 0 saturated carbocycles. The third-order valence-electron chi connectivity index (χ3n) is 15.2. The maximum absolute atomic E-state index is 2.41. The van der Waals surface area contributed by atoms with E-state index in [1.807, 2.05) is 0 Å². The summed E-state index contributed by atoms with van der Waals surface area (Å²) in [5.74, 6) is 0. The number of nitrogens with zero attached hydrogens (tertiary/aromatic N) is 2. The molecule has 0 N–H and O–H groups in total. The third-order valence-corrected chi connectivity index (χ3v) is 15.2.